The number of fused-ring (bicyclic) bond motifs is 1. The lowest BCUT2D eigenvalue weighted by Gasteiger charge is -2.02. The average molecular weight is 190 g/mol. The Kier molecular flexibility index (Phi) is 2.14. The second-order valence-electron chi connectivity index (χ2n) is 2.77. The molecule has 0 saturated carbocycles. The first-order chi connectivity index (χ1) is 6.83. The highest BCUT2D eigenvalue weighted by molar-refractivity contribution is 5.48. The van der Waals surface area contributed by atoms with E-state index in [0.717, 1.165) is 5.82 Å². The van der Waals surface area contributed by atoms with E-state index < -0.39 is 0 Å². The smallest absolute Gasteiger partial charge is 0.260 e. The summed E-state index contributed by atoms with van der Waals surface area (Å²) in [6.07, 6.45) is 5.11. The molecule has 0 amide bonds. The molecule has 2 aromatic rings. The third-order valence-corrected chi connectivity index (χ3v) is 1.80. The Morgan fingerprint density at radius 1 is 1.57 bits per heavy atom. The molecule has 0 atom stereocenters. The van der Waals surface area contributed by atoms with Crippen LogP contribution < -0.4 is 4.74 Å². The SMILES string of the molecule is C=CCOc1nccn2c(C)nnc12. The predicted molar refractivity (Wildman–Crippen MR) is 51.2 cm³/mol. The van der Waals surface area contributed by atoms with Crippen molar-refractivity contribution < 1.29 is 4.74 Å². The highest BCUT2D eigenvalue weighted by atomic mass is 16.5. The molecule has 0 aliphatic heterocycles. The molecule has 0 aliphatic carbocycles. The summed E-state index contributed by atoms with van der Waals surface area (Å²) in [4.78, 5) is 4.06. The van der Waals surface area contributed by atoms with Crippen molar-refractivity contribution in [3.05, 3.63) is 30.9 Å². The van der Waals surface area contributed by atoms with Gasteiger partial charge in [-0.05, 0) is 6.92 Å². The molecule has 0 bridgehead atoms. The van der Waals surface area contributed by atoms with Crippen molar-refractivity contribution in [3.8, 4) is 5.88 Å². The van der Waals surface area contributed by atoms with E-state index in [4.69, 9.17) is 4.74 Å². The van der Waals surface area contributed by atoms with Gasteiger partial charge in [0.25, 0.3) is 5.88 Å². The Hall–Kier alpha value is -1.91. The van der Waals surface area contributed by atoms with E-state index in [0.29, 0.717) is 18.1 Å². The van der Waals surface area contributed by atoms with Gasteiger partial charge in [0, 0.05) is 12.4 Å². The molecular formula is C9H10N4O. The van der Waals surface area contributed by atoms with Gasteiger partial charge in [0.15, 0.2) is 0 Å². The van der Waals surface area contributed by atoms with Gasteiger partial charge in [-0.25, -0.2) is 4.98 Å². The van der Waals surface area contributed by atoms with Crippen LogP contribution in [-0.2, 0) is 0 Å². The summed E-state index contributed by atoms with van der Waals surface area (Å²) in [5.74, 6) is 1.29. The Bertz CT molecular complexity index is 463. The molecule has 2 rings (SSSR count). The summed E-state index contributed by atoms with van der Waals surface area (Å²) in [5, 5.41) is 7.89. The number of aryl methyl sites for hydroxylation is 1. The van der Waals surface area contributed by atoms with Crippen molar-refractivity contribution in [1.29, 1.82) is 0 Å². The van der Waals surface area contributed by atoms with Crippen molar-refractivity contribution in [2.75, 3.05) is 6.61 Å². The third-order valence-electron chi connectivity index (χ3n) is 1.80. The number of rotatable bonds is 3. The Morgan fingerprint density at radius 3 is 3.21 bits per heavy atom. The lowest BCUT2D eigenvalue weighted by Crippen LogP contribution is -1.99. The number of hydrogen-bond donors (Lipinski definition) is 0. The summed E-state index contributed by atoms with van der Waals surface area (Å²) >= 11 is 0. The molecule has 2 aromatic heterocycles. The monoisotopic (exact) mass is 190 g/mol. The number of nitrogens with zero attached hydrogens (tertiary/aromatic N) is 4. The van der Waals surface area contributed by atoms with Crippen LogP contribution in [0, 0.1) is 6.92 Å². The van der Waals surface area contributed by atoms with E-state index in [1.807, 2.05) is 11.3 Å². The topological polar surface area (TPSA) is 52.3 Å². The molecule has 0 spiro atoms. The van der Waals surface area contributed by atoms with Crippen molar-refractivity contribution in [3.63, 3.8) is 0 Å². The van der Waals surface area contributed by atoms with E-state index >= 15 is 0 Å². The minimum atomic E-state index is 0.415. The lowest BCUT2D eigenvalue weighted by molar-refractivity contribution is 0.350. The van der Waals surface area contributed by atoms with Gasteiger partial charge in [-0.1, -0.05) is 12.7 Å². The number of hydrogen-bond acceptors (Lipinski definition) is 4. The molecule has 0 unspecified atom stereocenters. The van der Waals surface area contributed by atoms with Gasteiger partial charge < -0.3 is 4.74 Å². The van der Waals surface area contributed by atoms with E-state index in [-0.39, 0.29) is 0 Å². The summed E-state index contributed by atoms with van der Waals surface area (Å²) in [6.45, 7) is 5.85. The number of ether oxygens (including phenoxy) is 1. The van der Waals surface area contributed by atoms with Crippen LogP contribution in [0.5, 0.6) is 5.88 Å². The van der Waals surface area contributed by atoms with Crippen molar-refractivity contribution >= 4 is 5.65 Å². The first-order valence-electron chi connectivity index (χ1n) is 4.23. The zero-order chi connectivity index (χ0) is 9.97. The number of aromatic nitrogens is 4. The molecule has 0 N–H and O–H groups in total. The minimum absolute atomic E-state index is 0.415. The highest BCUT2D eigenvalue weighted by Crippen LogP contribution is 2.13. The summed E-state index contributed by atoms with van der Waals surface area (Å²) in [7, 11) is 0. The first kappa shape index (κ1) is 8.68. The van der Waals surface area contributed by atoms with E-state index in [1.54, 1.807) is 18.5 Å². The highest BCUT2D eigenvalue weighted by Gasteiger charge is 2.07. The van der Waals surface area contributed by atoms with Gasteiger partial charge in [-0.3, -0.25) is 4.40 Å². The maximum Gasteiger partial charge on any atom is 0.260 e. The van der Waals surface area contributed by atoms with Crippen molar-refractivity contribution in [1.82, 2.24) is 19.6 Å². The third kappa shape index (κ3) is 1.32. The quantitative estimate of drug-likeness (QED) is 0.677. The standard InChI is InChI=1S/C9H10N4O/c1-3-6-14-9-8-12-11-7(2)13(8)5-4-10-9/h3-5H,1,6H2,2H3. The minimum Gasteiger partial charge on any atom is -0.471 e. The van der Waals surface area contributed by atoms with Gasteiger partial charge in [0.1, 0.15) is 12.4 Å². The molecule has 0 radical (unpaired) electrons. The van der Waals surface area contributed by atoms with Crippen molar-refractivity contribution in [2.45, 2.75) is 6.92 Å². The molecule has 0 saturated heterocycles. The van der Waals surface area contributed by atoms with Crippen LogP contribution in [0.4, 0.5) is 0 Å². The second kappa shape index (κ2) is 3.45. The molecule has 0 fully saturated rings. The normalized spacial score (nSPS) is 10.4. The fourth-order valence-electron chi connectivity index (χ4n) is 1.16. The maximum atomic E-state index is 5.33. The molecule has 0 aromatic carbocycles. The second-order valence-corrected chi connectivity index (χ2v) is 2.77. The molecule has 5 heteroatoms. The lowest BCUT2D eigenvalue weighted by atomic mass is 10.6. The largest absolute Gasteiger partial charge is 0.471 e. The van der Waals surface area contributed by atoms with E-state index in [9.17, 15) is 0 Å². The van der Waals surface area contributed by atoms with Gasteiger partial charge in [-0.2, -0.15) is 0 Å². The van der Waals surface area contributed by atoms with Gasteiger partial charge in [0.2, 0.25) is 5.65 Å². The van der Waals surface area contributed by atoms with Crippen LogP contribution in [0.15, 0.2) is 25.0 Å². The Morgan fingerprint density at radius 2 is 2.43 bits per heavy atom. The first-order valence-corrected chi connectivity index (χ1v) is 4.23. The van der Waals surface area contributed by atoms with Crippen LogP contribution in [0.3, 0.4) is 0 Å². The van der Waals surface area contributed by atoms with Crippen LogP contribution in [0.25, 0.3) is 5.65 Å². The molecule has 2 heterocycles. The van der Waals surface area contributed by atoms with Gasteiger partial charge in [-0.15, -0.1) is 10.2 Å². The summed E-state index contributed by atoms with van der Waals surface area (Å²) < 4.78 is 7.15. The van der Waals surface area contributed by atoms with E-state index in [1.165, 1.54) is 0 Å². The summed E-state index contributed by atoms with van der Waals surface area (Å²) in [5.41, 5.74) is 0.631. The van der Waals surface area contributed by atoms with E-state index in [2.05, 4.69) is 21.8 Å². The van der Waals surface area contributed by atoms with Crippen molar-refractivity contribution in [2.24, 2.45) is 0 Å². The van der Waals surface area contributed by atoms with Crippen LogP contribution in [0.1, 0.15) is 5.82 Å². The summed E-state index contributed by atoms with van der Waals surface area (Å²) in [6, 6.07) is 0. The fourth-order valence-corrected chi connectivity index (χ4v) is 1.16. The molecule has 0 aliphatic rings. The maximum absolute atomic E-state index is 5.33. The molecular weight excluding hydrogens is 180 g/mol. The van der Waals surface area contributed by atoms with Crippen LogP contribution >= 0.6 is 0 Å². The molecule has 5 nitrogen and oxygen atoms in total. The molecule has 14 heavy (non-hydrogen) atoms. The Labute approximate surface area is 81.1 Å². The zero-order valence-corrected chi connectivity index (χ0v) is 7.84. The average Bonchev–Trinajstić information content (AvgIpc) is 2.58. The fraction of sp³-hybridized carbons (Fsp3) is 0.222. The predicted octanol–water partition coefficient (Wildman–Crippen LogP) is 0.998. The Balaban J connectivity index is 2.48. The molecule has 72 valence electrons. The van der Waals surface area contributed by atoms with Gasteiger partial charge >= 0.3 is 0 Å². The van der Waals surface area contributed by atoms with Crippen LogP contribution in [-0.4, -0.2) is 26.2 Å². The van der Waals surface area contributed by atoms with Gasteiger partial charge in [0.05, 0.1) is 0 Å². The zero-order valence-electron chi connectivity index (χ0n) is 7.84. The van der Waals surface area contributed by atoms with Crippen LogP contribution in [0.2, 0.25) is 0 Å².